The quantitative estimate of drug-likeness (QED) is 0.434. The molecule has 3 amide bonds. The highest BCUT2D eigenvalue weighted by atomic mass is 19.1. The Morgan fingerprint density at radius 1 is 1.10 bits per heavy atom. The average molecular weight is 540 g/mol. The van der Waals surface area contributed by atoms with E-state index in [1.807, 2.05) is 0 Å². The van der Waals surface area contributed by atoms with E-state index in [9.17, 15) is 18.8 Å². The topological polar surface area (TPSA) is 103 Å². The summed E-state index contributed by atoms with van der Waals surface area (Å²) in [5, 5.41) is 5.66. The van der Waals surface area contributed by atoms with E-state index in [1.54, 1.807) is 23.2 Å². The summed E-state index contributed by atoms with van der Waals surface area (Å²) in [7, 11) is 0. The number of urea groups is 1. The van der Waals surface area contributed by atoms with Crippen molar-refractivity contribution in [3.63, 3.8) is 0 Å². The van der Waals surface area contributed by atoms with Gasteiger partial charge < -0.3 is 15.5 Å². The molecule has 3 aliphatic rings. The Hall–Kier alpha value is -3.10. The zero-order chi connectivity index (χ0) is 27.7. The molecule has 9 heteroatoms. The normalized spacial score (nSPS) is 19.8. The van der Waals surface area contributed by atoms with Gasteiger partial charge in [-0.1, -0.05) is 38.3 Å². The van der Waals surface area contributed by atoms with Crippen LogP contribution in [0.2, 0.25) is 0 Å². The Balaban J connectivity index is 1.42. The molecule has 1 aromatic rings. The summed E-state index contributed by atoms with van der Waals surface area (Å²) < 4.78 is 13.5. The third-order valence-corrected chi connectivity index (χ3v) is 8.61. The van der Waals surface area contributed by atoms with Crippen LogP contribution in [0.15, 0.2) is 34.3 Å². The number of rotatable bonds is 11. The van der Waals surface area contributed by atoms with Gasteiger partial charge in [-0.2, -0.15) is 0 Å². The summed E-state index contributed by atoms with van der Waals surface area (Å²) in [4.78, 5) is 50.0. The SMILES string of the molecule is CCCC(=O)C1(C2CCCCC2)CCN(C(=O)[C@@H](Cc2ccc(F)cc2)NC(=O)NCCC2=NCN=C2)CC1. The van der Waals surface area contributed by atoms with Gasteiger partial charge in [-0.3, -0.25) is 19.6 Å². The summed E-state index contributed by atoms with van der Waals surface area (Å²) in [5.74, 6) is 0.247. The van der Waals surface area contributed by atoms with E-state index in [4.69, 9.17) is 0 Å². The van der Waals surface area contributed by atoms with E-state index >= 15 is 0 Å². The third kappa shape index (κ3) is 7.51. The summed E-state index contributed by atoms with van der Waals surface area (Å²) in [6.45, 7) is 3.87. The van der Waals surface area contributed by atoms with Crippen LogP contribution in [-0.4, -0.2) is 66.9 Å². The molecular formula is C30H42FN5O3. The van der Waals surface area contributed by atoms with Gasteiger partial charge in [-0.15, -0.1) is 0 Å². The minimum absolute atomic E-state index is 0.165. The van der Waals surface area contributed by atoms with Crippen molar-refractivity contribution in [3.8, 4) is 0 Å². The van der Waals surface area contributed by atoms with Crippen LogP contribution in [0.4, 0.5) is 9.18 Å². The lowest BCUT2D eigenvalue weighted by Gasteiger charge is -2.47. The van der Waals surface area contributed by atoms with Crippen molar-refractivity contribution in [2.75, 3.05) is 26.3 Å². The van der Waals surface area contributed by atoms with E-state index in [2.05, 4.69) is 27.5 Å². The molecule has 1 saturated heterocycles. The lowest BCUT2D eigenvalue weighted by Crippen LogP contribution is -2.56. The summed E-state index contributed by atoms with van der Waals surface area (Å²) >= 11 is 0. The molecule has 212 valence electrons. The van der Waals surface area contributed by atoms with Gasteiger partial charge in [0.2, 0.25) is 5.91 Å². The van der Waals surface area contributed by atoms with Crippen molar-refractivity contribution in [2.24, 2.45) is 21.3 Å². The fraction of sp³-hybridized carbons (Fsp3) is 0.633. The number of carbonyl (C=O) groups excluding carboxylic acids is 3. The number of amides is 3. The summed E-state index contributed by atoms with van der Waals surface area (Å²) in [6.07, 6.45) is 11.1. The Bertz CT molecular complexity index is 1060. The molecule has 2 aliphatic heterocycles. The molecule has 1 aromatic carbocycles. The fourth-order valence-corrected chi connectivity index (χ4v) is 6.42. The zero-order valence-corrected chi connectivity index (χ0v) is 23.1. The Kier molecular flexibility index (Phi) is 10.2. The number of likely N-dealkylation sites (tertiary alicyclic amines) is 1. The Morgan fingerprint density at radius 2 is 1.82 bits per heavy atom. The Morgan fingerprint density at radius 3 is 2.46 bits per heavy atom. The lowest BCUT2D eigenvalue weighted by molar-refractivity contribution is -0.144. The molecule has 4 rings (SSSR count). The van der Waals surface area contributed by atoms with Crippen molar-refractivity contribution in [1.29, 1.82) is 0 Å². The second-order valence-corrected chi connectivity index (χ2v) is 11.1. The number of carbonyl (C=O) groups is 3. The van der Waals surface area contributed by atoms with Crippen LogP contribution >= 0.6 is 0 Å². The summed E-state index contributed by atoms with van der Waals surface area (Å²) in [6, 6.07) is 4.77. The second-order valence-electron chi connectivity index (χ2n) is 11.1. The molecule has 1 aliphatic carbocycles. The van der Waals surface area contributed by atoms with E-state index in [1.165, 1.54) is 31.4 Å². The molecule has 39 heavy (non-hydrogen) atoms. The predicted molar refractivity (Wildman–Crippen MR) is 151 cm³/mol. The van der Waals surface area contributed by atoms with Crippen LogP contribution in [-0.2, 0) is 16.0 Å². The van der Waals surface area contributed by atoms with Crippen LogP contribution in [0, 0.1) is 17.2 Å². The second kappa shape index (κ2) is 13.8. The highest BCUT2D eigenvalue weighted by molar-refractivity contribution is 6.31. The van der Waals surface area contributed by atoms with Crippen LogP contribution in [0.1, 0.15) is 76.7 Å². The molecule has 0 aromatic heterocycles. The number of piperidine rings is 1. The summed E-state index contributed by atoms with van der Waals surface area (Å²) in [5.41, 5.74) is 1.26. The molecule has 2 heterocycles. The molecule has 2 fully saturated rings. The van der Waals surface area contributed by atoms with Gasteiger partial charge in [0.1, 0.15) is 24.3 Å². The van der Waals surface area contributed by atoms with Crippen molar-refractivity contribution < 1.29 is 18.8 Å². The minimum atomic E-state index is -0.797. The lowest BCUT2D eigenvalue weighted by atomic mass is 9.61. The number of ketones is 1. The smallest absolute Gasteiger partial charge is 0.315 e. The number of hydrogen-bond acceptors (Lipinski definition) is 5. The number of benzene rings is 1. The van der Waals surface area contributed by atoms with Gasteiger partial charge in [0, 0.05) is 50.5 Å². The van der Waals surface area contributed by atoms with Crippen molar-refractivity contribution in [2.45, 2.75) is 83.6 Å². The van der Waals surface area contributed by atoms with Gasteiger partial charge in [0.25, 0.3) is 0 Å². The number of aliphatic imine (C=N–C) groups is 2. The highest BCUT2D eigenvalue weighted by Gasteiger charge is 2.47. The first-order chi connectivity index (χ1) is 18.9. The van der Waals surface area contributed by atoms with Gasteiger partial charge in [0.15, 0.2) is 0 Å². The molecule has 8 nitrogen and oxygen atoms in total. The van der Waals surface area contributed by atoms with E-state index in [0.717, 1.165) is 30.5 Å². The standard InChI is InChI=1S/C30H42FN5O3/c1-2-6-27(37)30(23-7-4-3-5-8-23)14-17-36(18-15-30)28(38)26(19-22-9-11-24(31)12-10-22)35-29(39)33-16-13-25-20-32-21-34-25/h9-12,20,23,26H,2-8,13-19,21H2,1H3,(H2,33,35,39)/t26-/m1/s1. The van der Waals surface area contributed by atoms with Gasteiger partial charge in [-0.05, 0) is 55.7 Å². The predicted octanol–water partition coefficient (Wildman–Crippen LogP) is 4.47. The van der Waals surface area contributed by atoms with E-state index in [-0.39, 0.29) is 23.6 Å². The molecule has 0 spiro atoms. The zero-order valence-electron chi connectivity index (χ0n) is 23.1. The van der Waals surface area contributed by atoms with Crippen LogP contribution < -0.4 is 10.6 Å². The maximum atomic E-state index is 13.8. The Labute approximate surface area is 230 Å². The number of hydrogen-bond donors (Lipinski definition) is 2. The van der Waals surface area contributed by atoms with Gasteiger partial charge in [0.05, 0.1) is 5.71 Å². The molecule has 1 atom stereocenters. The van der Waals surface area contributed by atoms with Crippen LogP contribution in [0.3, 0.4) is 0 Å². The maximum absolute atomic E-state index is 13.8. The third-order valence-electron chi connectivity index (χ3n) is 8.61. The average Bonchev–Trinajstić information content (AvgIpc) is 3.48. The molecule has 0 bridgehead atoms. The minimum Gasteiger partial charge on any atom is -0.341 e. The number of nitrogens with one attached hydrogen (secondary N) is 2. The largest absolute Gasteiger partial charge is 0.341 e. The van der Waals surface area contributed by atoms with Gasteiger partial charge in [-0.25, -0.2) is 9.18 Å². The first-order valence-electron chi connectivity index (χ1n) is 14.6. The van der Waals surface area contributed by atoms with Crippen molar-refractivity contribution in [3.05, 3.63) is 35.6 Å². The highest BCUT2D eigenvalue weighted by Crippen LogP contribution is 2.47. The van der Waals surface area contributed by atoms with Crippen molar-refractivity contribution >= 4 is 29.6 Å². The van der Waals surface area contributed by atoms with Crippen LogP contribution in [0.5, 0.6) is 0 Å². The number of nitrogens with zero attached hydrogens (tertiary/aromatic N) is 3. The number of Topliss-reactive ketones (excluding diaryl/α,β-unsaturated/α-hetero) is 1. The van der Waals surface area contributed by atoms with E-state index in [0.29, 0.717) is 63.7 Å². The molecule has 2 N–H and O–H groups in total. The monoisotopic (exact) mass is 539 g/mol. The number of halogens is 1. The molecule has 1 saturated carbocycles. The molecular weight excluding hydrogens is 497 g/mol. The van der Waals surface area contributed by atoms with E-state index < -0.39 is 12.1 Å². The molecule has 0 radical (unpaired) electrons. The molecule has 0 unspecified atom stereocenters. The van der Waals surface area contributed by atoms with Crippen LogP contribution in [0.25, 0.3) is 0 Å². The first-order valence-corrected chi connectivity index (χ1v) is 14.6. The fourth-order valence-electron chi connectivity index (χ4n) is 6.42. The maximum Gasteiger partial charge on any atom is 0.315 e. The van der Waals surface area contributed by atoms with Gasteiger partial charge >= 0.3 is 6.03 Å². The first kappa shape index (κ1) is 28.9. The van der Waals surface area contributed by atoms with Crippen molar-refractivity contribution in [1.82, 2.24) is 15.5 Å².